The standard InChI is InChI=1S/C12H2F16O3/c13-2-1(3(14)5(16)6(17)4(2)15)7(8(18,19)29)30-11(25,26)12(27,28)31-10(23,24)9(20,21)22/h7,29H. The highest BCUT2D eigenvalue weighted by Crippen LogP contribution is 2.49. The molecule has 1 N–H and O–H groups in total. The molecule has 0 aliphatic carbocycles. The van der Waals surface area contributed by atoms with E-state index in [-0.39, 0.29) is 0 Å². The molecule has 0 aliphatic rings. The monoisotopic (exact) mass is 498 g/mol. The van der Waals surface area contributed by atoms with Crippen LogP contribution >= 0.6 is 0 Å². The van der Waals surface area contributed by atoms with Gasteiger partial charge in [-0.2, -0.15) is 48.3 Å². The largest absolute Gasteiger partial charge is 0.483 e. The summed E-state index contributed by atoms with van der Waals surface area (Å²) in [6, 6.07) is 0. The number of benzene rings is 1. The highest BCUT2D eigenvalue weighted by atomic mass is 19.4. The van der Waals surface area contributed by atoms with Gasteiger partial charge in [-0.3, -0.25) is 4.74 Å². The summed E-state index contributed by atoms with van der Waals surface area (Å²) in [5.74, 6) is -16.2. The quantitative estimate of drug-likeness (QED) is 0.312. The number of halogens is 16. The van der Waals surface area contributed by atoms with E-state index in [9.17, 15) is 70.2 Å². The SMILES string of the molecule is OC(F)(F)C(OC(F)(F)C(F)(F)OC(F)(F)C(F)(F)F)c1c(F)c(F)c(F)c(F)c1F. The van der Waals surface area contributed by atoms with E-state index in [1.54, 1.807) is 4.74 Å². The van der Waals surface area contributed by atoms with Gasteiger partial charge >= 0.3 is 30.6 Å². The number of alkyl halides is 11. The van der Waals surface area contributed by atoms with Crippen LogP contribution in [0.1, 0.15) is 11.7 Å². The lowest BCUT2D eigenvalue weighted by atomic mass is 10.1. The van der Waals surface area contributed by atoms with Crippen LogP contribution in [0.4, 0.5) is 70.2 Å². The van der Waals surface area contributed by atoms with E-state index < -0.39 is 71.4 Å². The molecule has 31 heavy (non-hydrogen) atoms. The normalized spacial score (nSPS) is 15.4. The van der Waals surface area contributed by atoms with Crippen molar-refractivity contribution < 1.29 is 84.8 Å². The molecule has 1 atom stereocenters. The van der Waals surface area contributed by atoms with Crippen LogP contribution < -0.4 is 0 Å². The van der Waals surface area contributed by atoms with Crippen LogP contribution in [-0.2, 0) is 9.47 Å². The predicted molar refractivity (Wildman–Crippen MR) is 59.2 cm³/mol. The minimum atomic E-state index is -7.24. The van der Waals surface area contributed by atoms with Crippen LogP contribution in [0.3, 0.4) is 0 Å². The van der Waals surface area contributed by atoms with E-state index in [0.717, 1.165) is 0 Å². The van der Waals surface area contributed by atoms with Crippen LogP contribution in [0, 0.1) is 29.1 Å². The topological polar surface area (TPSA) is 38.7 Å². The molecule has 0 saturated heterocycles. The average Bonchev–Trinajstić information content (AvgIpc) is 2.54. The first kappa shape index (κ1) is 27.0. The first-order valence-electron chi connectivity index (χ1n) is 6.67. The van der Waals surface area contributed by atoms with E-state index in [1.165, 1.54) is 0 Å². The van der Waals surface area contributed by atoms with Gasteiger partial charge < -0.3 is 5.11 Å². The first-order valence-corrected chi connectivity index (χ1v) is 6.67. The summed E-state index contributed by atoms with van der Waals surface area (Å²) in [5.41, 5.74) is -3.21. The molecule has 0 aliphatic heterocycles. The second-order valence-electron chi connectivity index (χ2n) is 5.22. The van der Waals surface area contributed by atoms with Crippen molar-refractivity contribution in [2.45, 2.75) is 36.7 Å². The van der Waals surface area contributed by atoms with Crippen LogP contribution in [0.2, 0.25) is 0 Å². The van der Waals surface area contributed by atoms with Crippen molar-refractivity contribution in [1.82, 2.24) is 0 Å². The predicted octanol–water partition coefficient (Wildman–Crippen LogP) is 5.38. The van der Waals surface area contributed by atoms with Gasteiger partial charge in [-0.15, -0.1) is 0 Å². The molecule has 0 heterocycles. The molecular weight excluding hydrogens is 496 g/mol. The molecule has 0 fully saturated rings. The molecule has 1 unspecified atom stereocenters. The van der Waals surface area contributed by atoms with Gasteiger partial charge in [-0.25, -0.2) is 26.7 Å². The lowest BCUT2D eigenvalue weighted by molar-refractivity contribution is -0.525. The Morgan fingerprint density at radius 1 is 0.548 bits per heavy atom. The lowest BCUT2D eigenvalue weighted by Crippen LogP contribution is -2.54. The minimum absolute atomic E-state index is 1.54. The van der Waals surface area contributed by atoms with Crippen LogP contribution in [0.5, 0.6) is 0 Å². The highest BCUT2D eigenvalue weighted by Gasteiger charge is 2.72. The van der Waals surface area contributed by atoms with Gasteiger partial charge in [-0.1, -0.05) is 0 Å². The summed E-state index contributed by atoms with van der Waals surface area (Å²) in [4.78, 5) is 0. The lowest BCUT2D eigenvalue weighted by Gasteiger charge is -2.33. The Balaban J connectivity index is 3.56. The van der Waals surface area contributed by atoms with Gasteiger partial charge in [0, 0.05) is 0 Å². The van der Waals surface area contributed by atoms with Gasteiger partial charge in [0.15, 0.2) is 29.4 Å². The number of hydrogen-bond acceptors (Lipinski definition) is 3. The Labute approximate surface area is 157 Å². The highest BCUT2D eigenvalue weighted by molar-refractivity contribution is 5.27. The summed E-state index contributed by atoms with van der Waals surface area (Å²) >= 11 is 0. The van der Waals surface area contributed by atoms with Crippen molar-refractivity contribution in [2.24, 2.45) is 0 Å². The van der Waals surface area contributed by atoms with E-state index in [0.29, 0.717) is 0 Å². The fourth-order valence-corrected chi connectivity index (χ4v) is 1.65. The van der Waals surface area contributed by atoms with Gasteiger partial charge in [0.05, 0.1) is 5.56 Å². The van der Waals surface area contributed by atoms with Crippen LogP contribution in [0.15, 0.2) is 0 Å². The second kappa shape index (κ2) is 7.84. The fraction of sp³-hybridized carbons (Fsp3) is 0.500. The fourth-order valence-electron chi connectivity index (χ4n) is 1.65. The number of rotatable bonds is 7. The van der Waals surface area contributed by atoms with Crippen molar-refractivity contribution in [3.63, 3.8) is 0 Å². The Morgan fingerprint density at radius 2 is 0.903 bits per heavy atom. The number of aliphatic hydroxyl groups is 1. The summed E-state index contributed by atoms with van der Waals surface area (Å²) in [7, 11) is 0. The van der Waals surface area contributed by atoms with E-state index in [1.807, 2.05) is 0 Å². The summed E-state index contributed by atoms with van der Waals surface area (Å²) < 4.78 is 209. The zero-order chi connectivity index (χ0) is 25.0. The van der Waals surface area contributed by atoms with Crippen LogP contribution in [-0.4, -0.2) is 35.7 Å². The molecule has 3 nitrogen and oxygen atoms in total. The van der Waals surface area contributed by atoms with E-state index >= 15 is 0 Å². The van der Waals surface area contributed by atoms with Crippen molar-refractivity contribution in [1.29, 1.82) is 0 Å². The smallest absolute Gasteiger partial charge is 0.334 e. The average molecular weight is 498 g/mol. The second-order valence-corrected chi connectivity index (χ2v) is 5.22. The molecule has 1 aromatic rings. The van der Waals surface area contributed by atoms with Crippen LogP contribution in [0.25, 0.3) is 0 Å². The molecule has 1 aromatic carbocycles. The molecule has 0 spiro atoms. The van der Waals surface area contributed by atoms with Gasteiger partial charge in [0.2, 0.25) is 5.82 Å². The molecule has 0 bridgehead atoms. The number of ether oxygens (including phenoxy) is 2. The van der Waals surface area contributed by atoms with E-state index in [2.05, 4.69) is 4.74 Å². The van der Waals surface area contributed by atoms with E-state index in [4.69, 9.17) is 5.11 Å². The zero-order valence-electron chi connectivity index (χ0n) is 13.4. The summed E-state index contributed by atoms with van der Waals surface area (Å²) in [5, 5.41) is 8.34. The molecular formula is C12H2F16O3. The Hall–Kier alpha value is -2.02. The summed E-state index contributed by atoms with van der Waals surface area (Å²) in [6.45, 7) is 0. The van der Waals surface area contributed by atoms with Crippen molar-refractivity contribution >= 4 is 0 Å². The van der Waals surface area contributed by atoms with Gasteiger partial charge in [-0.05, 0) is 0 Å². The maximum atomic E-state index is 13.5. The molecule has 180 valence electrons. The van der Waals surface area contributed by atoms with Gasteiger partial charge in [0.25, 0.3) is 0 Å². The Morgan fingerprint density at radius 3 is 1.23 bits per heavy atom. The third-order valence-electron chi connectivity index (χ3n) is 3.01. The Kier molecular flexibility index (Phi) is 6.83. The maximum absolute atomic E-state index is 13.5. The summed E-state index contributed by atoms with van der Waals surface area (Å²) in [6.07, 6.45) is -39.7. The third kappa shape index (κ3) is 5.08. The Bertz CT molecular complexity index is 798. The first-order chi connectivity index (χ1) is 13.5. The molecule has 1 rings (SSSR count). The number of hydrogen-bond donors (Lipinski definition) is 1. The van der Waals surface area contributed by atoms with Crippen molar-refractivity contribution in [3.8, 4) is 0 Å². The molecule has 0 saturated carbocycles. The minimum Gasteiger partial charge on any atom is -0.334 e. The molecule has 19 heteroatoms. The molecule has 0 aromatic heterocycles. The maximum Gasteiger partial charge on any atom is 0.483 e. The van der Waals surface area contributed by atoms with Gasteiger partial charge in [0.1, 0.15) is 0 Å². The zero-order valence-corrected chi connectivity index (χ0v) is 13.4. The van der Waals surface area contributed by atoms with Crippen molar-refractivity contribution in [2.75, 3.05) is 0 Å². The third-order valence-corrected chi connectivity index (χ3v) is 3.01. The molecule has 0 amide bonds. The van der Waals surface area contributed by atoms with Crippen molar-refractivity contribution in [3.05, 3.63) is 34.6 Å². The molecule has 0 radical (unpaired) electrons.